The standard InChI is InChI=1S/C14H10Cl4N2/c15-10-5-4-9(14(18)6-10)7-19-20-8-11-12(16)2-1-3-13(11)17/h1-7,20H,8H2/b19-7-. The average Bonchev–Trinajstić information content (AvgIpc) is 2.39. The minimum absolute atomic E-state index is 0.431. The maximum atomic E-state index is 6.06. The van der Waals surface area contributed by atoms with Crippen LogP contribution in [0.3, 0.4) is 0 Å². The summed E-state index contributed by atoms with van der Waals surface area (Å²) in [5.74, 6) is 0. The molecule has 2 aromatic carbocycles. The van der Waals surface area contributed by atoms with Gasteiger partial charge < -0.3 is 5.43 Å². The van der Waals surface area contributed by atoms with E-state index in [4.69, 9.17) is 46.4 Å². The van der Waals surface area contributed by atoms with Crippen molar-refractivity contribution in [2.75, 3.05) is 0 Å². The maximum absolute atomic E-state index is 6.06. The van der Waals surface area contributed by atoms with Crippen molar-refractivity contribution in [3.05, 3.63) is 67.6 Å². The van der Waals surface area contributed by atoms with Gasteiger partial charge in [-0.1, -0.05) is 58.5 Å². The second-order valence-electron chi connectivity index (χ2n) is 3.96. The molecule has 0 aromatic heterocycles. The van der Waals surface area contributed by atoms with Crippen molar-refractivity contribution in [1.82, 2.24) is 5.43 Å². The fraction of sp³-hybridized carbons (Fsp3) is 0.0714. The van der Waals surface area contributed by atoms with Crippen LogP contribution in [0, 0.1) is 0 Å². The Balaban J connectivity index is 2.01. The van der Waals surface area contributed by atoms with Gasteiger partial charge in [0.25, 0.3) is 0 Å². The molecule has 0 unspecified atom stereocenters. The third-order valence-corrected chi connectivity index (χ3v) is 3.85. The fourth-order valence-corrected chi connectivity index (χ4v) is 2.54. The number of benzene rings is 2. The molecule has 0 radical (unpaired) electrons. The van der Waals surface area contributed by atoms with Crippen molar-refractivity contribution in [3.8, 4) is 0 Å². The first-order valence-electron chi connectivity index (χ1n) is 5.72. The third kappa shape index (κ3) is 4.03. The Kier molecular flexibility index (Phi) is 5.55. The molecule has 2 aromatic rings. The van der Waals surface area contributed by atoms with Gasteiger partial charge in [-0.25, -0.2) is 0 Å². The predicted molar refractivity (Wildman–Crippen MR) is 87.4 cm³/mol. The lowest BCUT2D eigenvalue weighted by Crippen LogP contribution is -2.06. The van der Waals surface area contributed by atoms with Crippen LogP contribution < -0.4 is 5.43 Å². The lowest BCUT2D eigenvalue weighted by atomic mass is 10.2. The fourth-order valence-electron chi connectivity index (χ4n) is 1.55. The first kappa shape index (κ1) is 15.5. The molecular weight excluding hydrogens is 338 g/mol. The Hall–Kier alpha value is -0.930. The molecule has 104 valence electrons. The molecule has 0 heterocycles. The van der Waals surface area contributed by atoms with Crippen molar-refractivity contribution < 1.29 is 0 Å². The average molecular weight is 348 g/mol. The van der Waals surface area contributed by atoms with E-state index in [-0.39, 0.29) is 0 Å². The van der Waals surface area contributed by atoms with Crippen molar-refractivity contribution in [1.29, 1.82) is 0 Å². The normalized spacial score (nSPS) is 11.0. The molecule has 6 heteroatoms. The van der Waals surface area contributed by atoms with Crippen molar-refractivity contribution in [2.24, 2.45) is 5.10 Å². The van der Waals surface area contributed by atoms with Gasteiger partial charge in [-0.2, -0.15) is 5.10 Å². The highest BCUT2D eigenvalue weighted by Crippen LogP contribution is 2.24. The molecule has 0 fully saturated rings. The largest absolute Gasteiger partial charge is 0.306 e. The van der Waals surface area contributed by atoms with Crippen LogP contribution in [0.4, 0.5) is 0 Å². The second kappa shape index (κ2) is 7.19. The minimum atomic E-state index is 0.431. The number of nitrogens with zero attached hydrogens (tertiary/aromatic N) is 1. The second-order valence-corrected chi connectivity index (χ2v) is 5.62. The molecule has 2 rings (SSSR count). The van der Waals surface area contributed by atoms with E-state index < -0.39 is 0 Å². The first-order valence-corrected chi connectivity index (χ1v) is 7.23. The summed E-state index contributed by atoms with van der Waals surface area (Å²) in [6.45, 7) is 0.431. The van der Waals surface area contributed by atoms with Crippen LogP contribution in [-0.2, 0) is 6.54 Å². The van der Waals surface area contributed by atoms with Gasteiger partial charge in [-0.05, 0) is 24.3 Å². The molecule has 0 aliphatic heterocycles. The van der Waals surface area contributed by atoms with Gasteiger partial charge in [0.15, 0.2) is 0 Å². The molecule has 20 heavy (non-hydrogen) atoms. The molecule has 2 nitrogen and oxygen atoms in total. The zero-order valence-corrected chi connectivity index (χ0v) is 13.2. The molecule has 0 bridgehead atoms. The van der Waals surface area contributed by atoms with Crippen LogP contribution in [0.5, 0.6) is 0 Å². The van der Waals surface area contributed by atoms with Crippen molar-refractivity contribution in [2.45, 2.75) is 6.54 Å². The van der Waals surface area contributed by atoms with E-state index in [9.17, 15) is 0 Å². The summed E-state index contributed by atoms with van der Waals surface area (Å²) in [5, 5.41) is 6.42. The first-order chi connectivity index (χ1) is 9.58. The quantitative estimate of drug-likeness (QED) is 0.579. The molecule has 0 atom stereocenters. The highest BCUT2D eigenvalue weighted by atomic mass is 35.5. The number of hydrazone groups is 1. The molecular formula is C14H10Cl4N2. The van der Waals surface area contributed by atoms with E-state index >= 15 is 0 Å². The van der Waals surface area contributed by atoms with Crippen molar-refractivity contribution >= 4 is 52.6 Å². The van der Waals surface area contributed by atoms with Crippen LogP contribution in [0.2, 0.25) is 20.1 Å². The third-order valence-electron chi connectivity index (χ3n) is 2.57. The molecule has 1 N–H and O–H groups in total. The summed E-state index contributed by atoms with van der Waals surface area (Å²) in [5.41, 5.74) is 4.46. The van der Waals surface area contributed by atoms with E-state index in [1.165, 1.54) is 0 Å². The van der Waals surface area contributed by atoms with Crippen LogP contribution >= 0.6 is 46.4 Å². The van der Waals surface area contributed by atoms with E-state index in [0.717, 1.165) is 11.1 Å². The Morgan fingerprint density at radius 3 is 2.30 bits per heavy atom. The number of halogens is 4. The smallest absolute Gasteiger partial charge is 0.0609 e. The van der Waals surface area contributed by atoms with Gasteiger partial charge in [0.1, 0.15) is 0 Å². The zero-order chi connectivity index (χ0) is 14.5. The van der Waals surface area contributed by atoms with E-state index in [1.807, 2.05) is 0 Å². The summed E-state index contributed by atoms with van der Waals surface area (Å²) in [6, 6.07) is 10.6. The molecule has 0 saturated carbocycles. The van der Waals surface area contributed by atoms with Gasteiger partial charge in [0.05, 0.1) is 17.8 Å². The number of hydrogen-bond acceptors (Lipinski definition) is 2. The summed E-state index contributed by atoms with van der Waals surface area (Å²) in [7, 11) is 0. The SMILES string of the molecule is Clc1ccc(/C=N\NCc2c(Cl)cccc2Cl)c(Cl)c1. The van der Waals surface area contributed by atoms with Crippen LogP contribution in [0.15, 0.2) is 41.5 Å². The lowest BCUT2D eigenvalue weighted by Gasteiger charge is -2.06. The Labute approximate surface area is 137 Å². The highest BCUT2D eigenvalue weighted by molar-refractivity contribution is 6.36. The predicted octanol–water partition coefficient (Wildman–Crippen LogP) is 5.42. The summed E-state index contributed by atoms with van der Waals surface area (Å²) in [6.07, 6.45) is 1.61. The van der Waals surface area contributed by atoms with Crippen LogP contribution in [-0.4, -0.2) is 6.21 Å². The maximum Gasteiger partial charge on any atom is 0.0609 e. The summed E-state index contributed by atoms with van der Waals surface area (Å²) >= 11 is 24.0. The van der Waals surface area contributed by atoms with Gasteiger partial charge in [0, 0.05) is 26.2 Å². The molecule has 0 aliphatic carbocycles. The molecule has 0 saturated heterocycles. The number of hydrogen-bond donors (Lipinski definition) is 1. The van der Waals surface area contributed by atoms with E-state index in [0.29, 0.717) is 26.6 Å². The molecule has 0 spiro atoms. The number of rotatable bonds is 4. The van der Waals surface area contributed by atoms with E-state index in [2.05, 4.69) is 10.5 Å². The molecule has 0 amide bonds. The molecule has 0 aliphatic rings. The summed E-state index contributed by atoms with van der Waals surface area (Å²) in [4.78, 5) is 0. The van der Waals surface area contributed by atoms with Crippen molar-refractivity contribution in [3.63, 3.8) is 0 Å². The van der Waals surface area contributed by atoms with Gasteiger partial charge >= 0.3 is 0 Å². The topological polar surface area (TPSA) is 24.4 Å². The lowest BCUT2D eigenvalue weighted by molar-refractivity contribution is 0.748. The number of nitrogens with one attached hydrogen (secondary N) is 1. The van der Waals surface area contributed by atoms with Gasteiger partial charge in [-0.3, -0.25) is 0 Å². The Morgan fingerprint density at radius 2 is 1.65 bits per heavy atom. The highest BCUT2D eigenvalue weighted by Gasteiger charge is 2.04. The van der Waals surface area contributed by atoms with Crippen LogP contribution in [0.25, 0.3) is 0 Å². The van der Waals surface area contributed by atoms with Gasteiger partial charge in [-0.15, -0.1) is 0 Å². The van der Waals surface area contributed by atoms with Crippen LogP contribution in [0.1, 0.15) is 11.1 Å². The Morgan fingerprint density at radius 1 is 0.950 bits per heavy atom. The monoisotopic (exact) mass is 346 g/mol. The van der Waals surface area contributed by atoms with Gasteiger partial charge in [0.2, 0.25) is 0 Å². The minimum Gasteiger partial charge on any atom is -0.306 e. The zero-order valence-electron chi connectivity index (χ0n) is 10.2. The summed E-state index contributed by atoms with van der Waals surface area (Å²) < 4.78 is 0. The Bertz CT molecular complexity index is 621. The van der Waals surface area contributed by atoms with E-state index in [1.54, 1.807) is 42.6 Å².